The van der Waals surface area contributed by atoms with Gasteiger partial charge in [-0.15, -0.1) is 0 Å². The zero-order valence-corrected chi connectivity index (χ0v) is 18.2. The number of carboxylic acid groups (broad SMARTS) is 1. The van der Waals surface area contributed by atoms with Crippen LogP contribution in [-0.2, 0) is 11.4 Å². The first-order valence-corrected chi connectivity index (χ1v) is 10.5. The number of benzene rings is 2. The second-order valence-electron chi connectivity index (χ2n) is 7.95. The summed E-state index contributed by atoms with van der Waals surface area (Å²) in [4.78, 5) is 32.7. The number of carboxylic acids is 1. The lowest BCUT2D eigenvalue weighted by Crippen LogP contribution is -2.35. The highest BCUT2D eigenvalue weighted by Crippen LogP contribution is 2.47. The van der Waals surface area contributed by atoms with Gasteiger partial charge in [0, 0.05) is 22.9 Å². The number of aromatic carboxylic acids is 1. The van der Waals surface area contributed by atoms with E-state index in [0.29, 0.717) is 5.56 Å². The summed E-state index contributed by atoms with van der Waals surface area (Å²) in [6, 6.07) is 8.97. The molecule has 0 amide bonds. The van der Waals surface area contributed by atoms with Gasteiger partial charge in [-0.2, -0.15) is 5.48 Å². The van der Waals surface area contributed by atoms with Gasteiger partial charge < -0.3 is 29.3 Å². The molecular weight excluding hydrogens is 464 g/mol. The summed E-state index contributed by atoms with van der Waals surface area (Å²) >= 11 is 0. The molecule has 0 spiro atoms. The van der Waals surface area contributed by atoms with Crippen molar-refractivity contribution in [2.24, 2.45) is 0 Å². The first kappa shape index (κ1) is 22.7. The highest BCUT2D eigenvalue weighted by molar-refractivity contribution is 6.11. The Morgan fingerprint density at radius 2 is 2.06 bits per heavy atom. The van der Waals surface area contributed by atoms with E-state index >= 15 is 0 Å². The molecule has 1 aliphatic heterocycles. The Hall–Kier alpha value is -4.06. The Morgan fingerprint density at radius 1 is 1.26 bits per heavy atom. The molecule has 35 heavy (non-hydrogen) atoms. The summed E-state index contributed by atoms with van der Waals surface area (Å²) in [6.07, 6.45) is -0.759. The second-order valence-corrected chi connectivity index (χ2v) is 7.95. The number of aliphatic hydroxyl groups excluding tert-OH is 1. The molecule has 11 heteroatoms. The fourth-order valence-electron chi connectivity index (χ4n) is 4.45. The standard InChI is InChI=1S/C24H19F2N3O6/c1-34-28-23-20(30)14-5-7-16-18(21(14)35-23)17(13-3-2-8-27-22(13)31)19(24(32)33)29(16)10-11-9-12(25)4-6-15(11)26/h2-9,20,23,28,30H,10H2,1H3,(H,27,31)(H,32,33). The fraction of sp³-hybridized carbons (Fsp3) is 0.167. The van der Waals surface area contributed by atoms with Crippen LogP contribution < -0.4 is 15.8 Å². The molecule has 4 aromatic rings. The van der Waals surface area contributed by atoms with Crippen molar-refractivity contribution in [3.05, 3.63) is 87.5 Å². The van der Waals surface area contributed by atoms with Crippen molar-refractivity contribution in [1.29, 1.82) is 0 Å². The van der Waals surface area contributed by atoms with Gasteiger partial charge in [-0.1, -0.05) is 6.07 Å². The van der Waals surface area contributed by atoms with Gasteiger partial charge in [0.25, 0.3) is 5.56 Å². The van der Waals surface area contributed by atoms with Crippen LogP contribution >= 0.6 is 0 Å². The van der Waals surface area contributed by atoms with Crippen molar-refractivity contribution in [3.63, 3.8) is 0 Å². The van der Waals surface area contributed by atoms with E-state index in [9.17, 15) is 28.6 Å². The number of halogens is 2. The van der Waals surface area contributed by atoms with E-state index in [2.05, 4.69) is 10.5 Å². The van der Waals surface area contributed by atoms with Crippen LogP contribution in [0.2, 0.25) is 0 Å². The number of hydroxylamine groups is 1. The number of aromatic amines is 1. The van der Waals surface area contributed by atoms with E-state index < -0.39 is 35.5 Å². The highest BCUT2D eigenvalue weighted by atomic mass is 19.1. The largest absolute Gasteiger partial charge is 0.477 e. The molecule has 2 aromatic carbocycles. The van der Waals surface area contributed by atoms with E-state index in [4.69, 9.17) is 9.57 Å². The lowest BCUT2D eigenvalue weighted by atomic mass is 9.99. The second kappa shape index (κ2) is 8.62. The third-order valence-corrected chi connectivity index (χ3v) is 5.92. The normalized spacial score (nSPS) is 16.9. The Balaban J connectivity index is 1.87. The van der Waals surface area contributed by atoms with Crippen molar-refractivity contribution in [3.8, 4) is 16.9 Å². The molecule has 2 unspecified atom stereocenters. The topological polar surface area (TPSA) is 126 Å². The number of pyridine rings is 1. The number of ether oxygens (including phenoxy) is 1. The average molecular weight is 483 g/mol. The minimum atomic E-state index is -1.39. The molecule has 4 N–H and O–H groups in total. The van der Waals surface area contributed by atoms with E-state index in [1.54, 1.807) is 12.1 Å². The molecular formula is C24H19F2N3O6. The quantitative estimate of drug-likeness (QED) is 0.311. The minimum Gasteiger partial charge on any atom is -0.477 e. The number of carbonyl (C=O) groups is 1. The van der Waals surface area contributed by atoms with Crippen LogP contribution in [0, 0.1) is 11.6 Å². The number of nitrogens with zero attached hydrogens (tertiary/aromatic N) is 1. The average Bonchev–Trinajstić information content (AvgIpc) is 3.32. The molecule has 180 valence electrons. The number of H-pyrrole nitrogens is 1. The Morgan fingerprint density at radius 3 is 2.77 bits per heavy atom. The number of hydrogen-bond acceptors (Lipinski definition) is 6. The van der Waals surface area contributed by atoms with Gasteiger partial charge in [-0.25, -0.2) is 13.6 Å². The van der Waals surface area contributed by atoms with E-state index in [-0.39, 0.29) is 45.6 Å². The summed E-state index contributed by atoms with van der Waals surface area (Å²) in [6.45, 7) is -0.340. The number of aromatic nitrogens is 2. The molecule has 0 fully saturated rings. The molecule has 0 aliphatic carbocycles. The van der Waals surface area contributed by atoms with E-state index in [0.717, 1.165) is 18.2 Å². The first-order valence-electron chi connectivity index (χ1n) is 10.5. The Labute approximate surface area is 196 Å². The van der Waals surface area contributed by atoms with Crippen LogP contribution in [0.5, 0.6) is 5.75 Å². The van der Waals surface area contributed by atoms with E-state index in [1.165, 1.54) is 30.0 Å². The maximum absolute atomic E-state index is 14.5. The molecule has 3 heterocycles. The van der Waals surface area contributed by atoms with Crippen molar-refractivity contribution in [2.75, 3.05) is 7.11 Å². The molecule has 5 rings (SSSR count). The van der Waals surface area contributed by atoms with Gasteiger partial charge in [0.05, 0.1) is 30.1 Å². The lowest BCUT2D eigenvalue weighted by molar-refractivity contribution is -0.0606. The minimum absolute atomic E-state index is 0.0216. The van der Waals surface area contributed by atoms with Crippen LogP contribution in [0.4, 0.5) is 8.78 Å². The maximum atomic E-state index is 14.5. The highest BCUT2D eigenvalue weighted by Gasteiger charge is 2.38. The third-order valence-electron chi connectivity index (χ3n) is 5.92. The molecule has 0 bridgehead atoms. The van der Waals surface area contributed by atoms with Crippen molar-refractivity contribution < 1.29 is 33.4 Å². The SMILES string of the molecule is CONC1Oc2c(ccc3c2c(-c2ccc[nH]c2=O)c(C(=O)O)n3Cc2cc(F)ccc2F)C1O. The van der Waals surface area contributed by atoms with Crippen LogP contribution in [0.25, 0.3) is 22.0 Å². The monoisotopic (exact) mass is 483 g/mol. The third kappa shape index (κ3) is 3.66. The van der Waals surface area contributed by atoms with Crippen molar-refractivity contribution in [1.82, 2.24) is 15.0 Å². The van der Waals surface area contributed by atoms with E-state index in [1.807, 2.05) is 0 Å². The predicted molar refractivity (Wildman–Crippen MR) is 120 cm³/mol. The zero-order valence-electron chi connectivity index (χ0n) is 18.2. The van der Waals surface area contributed by atoms with Crippen molar-refractivity contribution >= 4 is 16.9 Å². The first-order chi connectivity index (χ1) is 16.8. The molecule has 0 saturated carbocycles. The van der Waals surface area contributed by atoms with Gasteiger partial charge in [-0.3, -0.25) is 4.79 Å². The number of rotatable bonds is 6. The summed E-state index contributed by atoms with van der Waals surface area (Å²) in [5, 5.41) is 21.1. The van der Waals surface area contributed by atoms with Crippen LogP contribution in [0.15, 0.2) is 53.5 Å². The summed E-state index contributed by atoms with van der Waals surface area (Å²) in [5.41, 5.74) is 2.23. The fourth-order valence-corrected chi connectivity index (χ4v) is 4.45. The number of fused-ring (bicyclic) bond motifs is 3. The molecule has 9 nitrogen and oxygen atoms in total. The molecule has 0 saturated heterocycles. The Kier molecular flexibility index (Phi) is 5.59. The van der Waals surface area contributed by atoms with Crippen LogP contribution in [0.1, 0.15) is 27.7 Å². The number of hydrogen-bond donors (Lipinski definition) is 4. The molecule has 1 aliphatic rings. The predicted octanol–water partition coefficient (Wildman–Crippen LogP) is 2.92. The summed E-state index contributed by atoms with van der Waals surface area (Å²) in [7, 11) is 1.34. The van der Waals surface area contributed by atoms with Crippen LogP contribution in [0.3, 0.4) is 0 Å². The summed E-state index contributed by atoms with van der Waals surface area (Å²) in [5.74, 6) is -2.66. The smallest absolute Gasteiger partial charge is 0.353 e. The number of aliphatic hydroxyl groups is 1. The van der Waals surface area contributed by atoms with Crippen LogP contribution in [-0.4, -0.2) is 39.1 Å². The lowest BCUT2D eigenvalue weighted by Gasteiger charge is -2.14. The summed E-state index contributed by atoms with van der Waals surface area (Å²) < 4.78 is 35.6. The molecule has 2 aromatic heterocycles. The van der Waals surface area contributed by atoms with Gasteiger partial charge in [0.15, 0.2) is 0 Å². The van der Waals surface area contributed by atoms with Gasteiger partial charge in [0.2, 0.25) is 6.23 Å². The maximum Gasteiger partial charge on any atom is 0.353 e. The zero-order chi connectivity index (χ0) is 24.9. The van der Waals surface area contributed by atoms with Gasteiger partial charge >= 0.3 is 5.97 Å². The Bertz CT molecular complexity index is 1530. The van der Waals surface area contributed by atoms with Gasteiger partial charge in [0.1, 0.15) is 29.2 Å². The molecule has 2 atom stereocenters. The van der Waals surface area contributed by atoms with Crippen molar-refractivity contribution in [2.45, 2.75) is 18.9 Å². The van der Waals surface area contributed by atoms with Gasteiger partial charge in [-0.05, 0) is 36.4 Å². The number of nitrogens with one attached hydrogen (secondary N) is 2. The molecule has 0 radical (unpaired) electrons.